The predicted octanol–water partition coefficient (Wildman–Crippen LogP) is 2.72. The van der Waals surface area contributed by atoms with Crippen LogP contribution in [0.15, 0.2) is 36.5 Å². The molecule has 1 saturated heterocycles. The van der Waals surface area contributed by atoms with Crippen LogP contribution in [0, 0.1) is 0 Å². The van der Waals surface area contributed by atoms with Gasteiger partial charge in [0.25, 0.3) is 0 Å². The highest BCUT2D eigenvalue weighted by atomic mass is 32.1. The van der Waals surface area contributed by atoms with Crippen LogP contribution in [0.25, 0.3) is 0 Å². The highest BCUT2D eigenvalue weighted by molar-refractivity contribution is 7.11. The van der Waals surface area contributed by atoms with Gasteiger partial charge in [-0.25, -0.2) is 4.98 Å². The van der Waals surface area contributed by atoms with Gasteiger partial charge in [-0.15, -0.1) is 11.3 Å². The van der Waals surface area contributed by atoms with E-state index in [1.54, 1.807) is 0 Å². The lowest BCUT2D eigenvalue weighted by molar-refractivity contribution is 0.191. The Hall–Kier alpha value is -1.23. The van der Waals surface area contributed by atoms with E-state index in [1.807, 2.05) is 17.5 Å². The molecule has 0 saturated carbocycles. The first-order valence-corrected chi connectivity index (χ1v) is 8.58. The topological polar surface area (TPSA) is 28.2 Å². The molecule has 4 heteroatoms. The molecule has 2 heterocycles. The van der Waals surface area contributed by atoms with Gasteiger partial charge in [-0.3, -0.25) is 4.90 Å². The van der Waals surface area contributed by atoms with Crippen LogP contribution in [0.3, 0.4) is 0 Å². The molecule has 2 aromatic rings. The molecule has 1 aliphatic heterocycles. The summed E-state index contributed by atoms with van der Waals surface area (Å²) >= 11 is 1.86. The lowest BCUT2D eigenvalue weighted by Crippen LogP contribution is -2.51. The number of nitrogens with zero attached hydrogens (tertiary/aromatic N) is 2. The number of rotatable bonds is 5. The fraction of sp³-hybridized carbons (Fsp3) is 0.471. The zero-order chi connectivity index (χ0) is 14.5. The second-order valence-electron chi connectivity index (χ2n) is 5.65. The zero-order valence-electron chi connectivity index (χ0n) is 12.6. The van der Waals surface area contributed by atoms with Crippen LogP contribution in [0.1, 0.15) is 22.4 Å². The number of benzene rings is 1. The highest BCUT2D eigenvalue weighted by Crippen LogP contribution is 2.17. The largest absolute Gasteiger partial charge is 0.311 e. The Labute approximate surface area is 131 Å². The van der Waals surface area contributed by atoms with Crippen molar-refractivity contribution in [2.75, 3.05) is 19.6 Å². The van der Waals surface area contributed by atoms with E-state index in [0.717, 1.165) is 39.0 Å². The van der Waals surface area contributed by atoms with Gasteiger partial charge in [0.2, 0.25) is 0 Å². The summed E-state index contributed by atoms with van der Waals surface area (Å²) in [6, 6.07) is 11.3. The van der Waals surface area contributed by atoms with Crippen molar-refractivity contribution in [2.24, 2.45) is 0 Å². The van der Waals surface area contributed by atoms with Gasteiger partial charge in [0.15, 0.2) is 0 Å². The third-order valence-electron chi connectivity index (χ3n) is 3.97. The Kier molecular flexibility index (Phi) is 5.01. The molecule has 0 spiro atoms. The van der Waals surface area contributed by atoms with Crippen molar-refractivity contribution in [3.63, 3.8) is 0 Å². The molecule has 112 valence electrons. The first-order valence-electron chi connectivity index (χ1n) is 7.76. The number of thiazole rings is 1. The van der Waals surface area contributed by atoms with E-state index in [2.05, 4.69) is 52.5 Å². The van der Waals surface area contributed by atoms with Gasteiger partial charge in [-0.2, -0.15) is 0 Å². The van der Waals surface area contributed by atoms with Crippen molar-refractivity contribution in [1.29, 1.82) is 0 Å². The van der Waals surface area contributed by atoms with Gasteiger partial charge >= 0.3 is 0 Å². The quantitative estimate of drug-likeness (QED) is 0.920. The number of aromatic nitrogens is 1. The van der Waals surface area contributed by atoms with Crippen molar-refractivity contribution < 1.29 is 0 Å². The summed E-state index contributed by atoms with van der Waals surface area (Å²) in [6.07, 6.45) is 4.23. The van der Waals surface area contributed by atoms with Gasteiger partial charge in [-0.1, -0.05) is 37.3 Å². The summed E-state index contributed by atoms with van der Waals surface area (Å²) in [7, 11) is 0. The summed E-state index contributed by atoms with van der Waals surface area (Å²) in [5.74, 6) is 0. The highest BCUT2D eigenvalue weighted by Gasteiger charge is 2.20. The second kappa shape index (κ2) is 7.16. The lowest BCUT2D eigenvalue weighted by Gasteiger charge is -2.33. The van der Waals surface area contributed by atoms with Crippen molar-refractivity contribution >= 4 is 11.3 Å². The van der Waals surface area contributed by atoms with Crippen molar-refractivity contribution in [3.8, 4) is 0 Å². The molecule has 1 aromatic carbocycles. The second-order valence-corrected chi connectivity index (χ2v) is 6.85. The summed E-state index contributed by atoms with van der Waals surface area (Å²) in [5, 5.41) is 4.90. The third-order valence-corrected chi connectivity index (χ3v) is 5.10. The van der Waals surface area contributed by atoms with Crippen molar-refractivity contribution in [2.45, 2.75) is 32.4 Å². The first-order chi connectivity index (χ1) is 10.3. The first kappa shape index (κ1) is 14.7. The molecule has 1 aliphatic rings. The minimum atomic E-state index is 0.548. The monoisotopic (exact) mass is 301 g/mol. The van der Waals surface area contributed by atoms with E-state index >= 15 is 0 Å². The number of nitrogens with one attached hydrogen (secondary N) is 1. The van der Waals surface area contributed by atoms with E-state index in [9.17, 15) is 0 Å². The average Bonchev–Trinajstić information content (AvgIpc) is 2.96. The van der Waals surface area contributed by atoms with Gasteiger partial charge in [-0.05, 0) is 18.4 Å². The molecule has 3 rings (SSSR count). The molecule has 3 nitrogen and oxygen atoms in total. The van der Waals surface area contributed by atoms with Crippen LogP contribution in [0.4, 0.5) is 0 Å². The number of piperazine rings is 1. The molecule has 0 aliphatic carbocycles. The van der Waals surface area contributed by atoms with Gasteiger partial charge < -0.3 is 5.32 Å². The SMILES string of the molecule is CCc1cnc(CN2CCNC(Cc3ccccc3)C2)s1. The third kappa shape index (κ3) is 4.13. The molecule has 21 heavy (non-hydrogen) atoms. The Balaban J connectivity index is 1.55. The molecule has 1 atom stereocenters. The zero-order valence-corrected chi connectivity index (χ0v) is 13.4. The fourth-order valence-electron chi connectivity index (χ4n) is 2.85. The predicted molar refractivity (Wildman–Crippen MR) is 88.7 cm³/mol. The maximum Gasteiger partial charge on any atom is 0.107 e. The summed E-state index contributed by atoms with van der Waals surface area (Å²) in [6.45, 7) is 6.49. The van der Waals surface area contributed by atoms with Crippen molar-refractivity contribution in [1.82, 2.24) is 15.2 Å². The molecular weight excluding hydrogens is 278 g/mol. The standard InChI is InChI=1S/C17H23N3S/c1-2-16-11-19-17(21-16)13-20-9-8-18-15(12-20)10-14-6-4-3-5-7-14/h3-7,11,15,18H,2,8-10,12-13H2,1H3. The van der Waals surface area contributed by atoms with Crippen LogP contribution in [0.2, 0.25) is 0 Å². The van der Waals surface area contributed by atoms with Gasteiger partial charge in [0.1, 0.15) is 5.01 Å². The average molecular weight is 301 g/mol. The maximum atomic E-state index is 4.55. The smallest absolute Gasteiger partial charge is 0.107 e. The van der Waals surface area contributed by atoms with Crippen LogP contribution in [-0.4, -0.2) is 35.6 Å². The Bertz CT molecular complexity index is 552. The van der Waals surface area contributed by atoms with Crippen LogP contribution in [0.5, 0.6) is 0 Å². The molecule has 0 amide bonds. The molecule has 1 aromatic heterocycles. The summed E-state index contributed by atoms with van der Waals surface area (Å²) < 4.78 is 0. The molecule has 1 N–H and O–H groups in total. The maximum absolute atomic E-state index is 4.55. The molecular formula is C17H23N3S. The minimum Gasteiger partial charge on any atom is -0.311 e. The van der Waals surface area contributed by atoms with Crippen LogP contribution in [-0.2, 0) is 19.4 Å². The van der Waals surface area contributed by atoms with Crippen LogP contribution < -0.4 is 5.32 Å². The summed E-state index contributed by atoms with van der Waals surface area (Å²) in [5.41, 5.74) is 1.42. The van der Waals surface area contributed by atoms with Gasteiger partial charge in [0, 0.05) is 36.8 Å². The Morgan fingerprint density at radius 2 is 2.19 bits per heavy atom. The molecule has 1 unspecified atom stereocenters. The van der Waals surface area contributed by atoms with E-state index in [1.165, 1.54) is 15.4 Å². The number of aryl methyl sites for hydroxylation is 1. The van der Waals surface area contributed by atoms with E-state index < -0.39 is 0 Å². The van der Waals surface area contributed by atoms with Crippen LogP contribution >= 0.6 is 11.3 Å². The van der Waals surface area contributed by atoms with Gasteiger partial charge in [0.05, 0.1) is 6.54 Å². The normalized spacial score (nSPS) is 19.8. The van der Waals surface area contributed by atoms with E-state index in [4.69, 9.17) is 0 Å². The Morgan fingerprint density at radius 3 is 2.95 bits per heavy atom. The fourth-order valence-corrected chi connectivity index (χ4v) is 3.75. The lowest BCUT2D eigenvalue weighted by atomic mass is 10.0. The minimum absolute atomic E-state index is 0.548. The summed E-state index contributed by atoms with van der Waals surface area (Å²) in [4.78, 5) is 8.47. The number of hydrogen-bond acceptors (Lipinski definition) is 4. The molecule has 0 radical (unpaired) electrons. The van der Waals surface area contributed by atoms with Crippen molar-refractivity contribution in [3.05, 3.63) is 52.0 Å². The number of hydrogen-bond donors (Lipinski definition) is 1. The van der Waals surface area contributed by atoms with E-state index in [0.29, 0.717) is 6.04 Å². The van der Waals surface area contributed by atoms with E-state index in [-0.39, 0.29) is 0 Å². The Morgan fingerprint density at radius 1 is 1.33 bits per heavy atom. The molecule has 1 fully saturated rings. The molecule has 0 bridgehead atoms.